The standard InChI is InChI=1S/C14H22N2O2S/c1-2-11-19(17,18)12-10-16-9-5-8-15-13-6-3-4-7-14(13)16/h3-4,6-7,15H,2,5,8-12H2,1H3. The Labute approximate surface area is 115 Å². The number of anilines is 2. The first-order valence-electron chi connectivity index (χ1n) is 6.90. The van der Waals surface area contributed by atoms with Crippen LogP contribution in [-0.2, 0) is 9.84 Å². The minimum absolute atomic E-state index is 0.245. The smallest absolute Gasteiger partial charge is 0.152 e. The second kappa shape index (κ2) is 6.28. The zero-order chi connectivity index (χ0) is 13.7. The van der Waals surface area contributed by atoms with E-state index in [1.54, 1.807) is 0 Å². The second-order valence-corrected chi connectivity index (χ2v) is 7.24. The van der Waals surface area contributed by atoms with Gasteiger partial charge in [-0.1, -0.05) is 19.1 Å². The summed E-state index contributed by atoms with van der Waals surface area (Å²) >= 11 is 0. The zero-order valence-electron chi connectivity index (χ0n) is 11.4. The van der Waals surface area contributed by atoms with Gasteiger partial charge in [-0.15, -0.1) is 0 Å². The Bertz CT molecular complexity index is 514. The van der Waals surface area contributed by atoms with E-state index in [1.807, 2.05) is 25.1 Å². The van der Waals surface area contributed by atoms with E-state index in [0.717, 1.165) is 30.9 Å². The SMILES string of the molecule is CCCS(=O)(=O)CCN1CCCNc2ccccc21. The molecule has 1 aliphatic rings. The van der Waals surface area contributed by atoms with Crippen LogP contribution in [-0.4, -0.2) is 39.6 Å². The van der Waals surface area contributed by atoms with Gasteiger partial charge in [0.05, 0.1) is 17.1 Å². The van der Waals surface area contributed by atoms with Crippen molar-refractivity contribution >= 4 is 21.2 Å². The Kier molecular flexibility index (Phi) is 4.69. The van der Waals surface area contributed by atoms with Crippen molar-refractivity contribution in [2.24, 2.45) is 0 Å². The van der Waals surface area contributed by atoms with E-state index < -0.39 is 9.84 Å². The molecule has 0 saturated heterocycles. The number of rotatable bonds is 5. The van der Waals surface area contributed by atoms with Crippen LogP contribution >= 0.6 is 0 Å². The molecule has 1 aromatic carbocycles. The Morgan fingerprint density at radius 1 is 1.26 bits per heavy atom. The van der Waals surface area contributed by atoms with Gasteiger partial charge >= 0.3 is 0 Å². The van der Waals surface area contributed by atoms with Crippen molar-refractivity contribution < 1.29 is 8.42 Å². The lowest BCUT2D eigenvalue weighted by atomic mass is 10.2. The molecule has 0 amide bonds. The van der Waals surface area contributed by atoms with Crippen LogP contribution in [0.3, 0.4) is 0 Å². The third-order valence-electron chi connectivity index (χ3n) is 3.35. The van der Waals surface area contributed by atoms with Crippen molar-refractivity contribution in [2.75, 3.05) is 41.4 Å². The number of para-hydroxylation sites is 2. The summed E-state index contributed by atoms with van der Waals surface area (Å²) in [6.45, 7) is 4.34. The number of hydrogen-bond donors (Lipinski definition) is 1. The maximum absolute atomic E-state index is 11.8. The van der Waals surface area contributed by atoms with E-state index in [2.05, 4.69) is 16.3 Å². The molecule has 0 spiro atoms. The molecule has 1 heterocycles. The first-order valence-corrected chi connectivity index (χ1v) is 8.73. The predicted molar refractivity (Wildman–Crippen MR) is 80.7 cm³/mol. The van der Waals surface area contributed by atoms with Gasteiger partial charge in [-0.25, -0.2) is 8.42 Å². The molecule has 1 N–H and O–H groups in total. The summed E-state index contributed by atoms with van der Waals surface area (Å²) in [5.74, 6) is 0.538. The largest absolute Gasteiger partial charge is 0.383 e. The highest BCUT2D eigenvalue weighted by atomic mass is 32.2. The highest BCUT2D eigenvalue weighted by molar-refractivity contribution is 7.91. The van der Waals surface area contributed by atoms with Gasteiger partial charge in [-0.05, 0) is 25.0 Å². The molecule has 0 aliphatic carbocycles. The topological polar surface area (TPSA) is 49.4 Å². The normalized spacial score (nSPS) is 15.5. The van der Waals surface area contributed by atoms with Crippen LogP contribution < -0.4 is 10.2 Å². The lowest BCUT2D eigenvalue weighted by Crippen LogP contribution is -2.30. The third kappa shape index (κ3) is 3.86. The molecule has 2 rings (SSSR count). The Morgan fingerprint density at radius 2 is 2.05 bits per heavy atom. The lowest BCUT2D eigenvalue weighted by Gasteiger charge is -2.24. The fourth-order valence-corrected chi connectivity index (χ4v) is 3.73. The summed E-state index contributed by atoms with van der Waals surface area (Å²) < 4.78 is 23.7. The van der Waals surface area contributed by atoms with Crippen molar-refractivity contribution in [3.05, 3.63) is 24.3 Å². The monoisotopic (exact) mass is 282 g/mol. The van der Waals surface area contributed by atoms with E-state index in [4.69, 9.17) is 0 Å². The molecule has 0 bridgehead atoms. The molecule has 0 unspecified atom stereocenters. The van der Waals surface area contributed by atoms with Gasteiger partial charge in [0.25, 0.3) is 0 Å². The first-order chi connectivity index (χ1) is 9.12. The minimum Gasteiger partial charge on any atom is -0.383 e. The quantitative estimate of drug-likeness (QED) is 0.899. The molecule has 0 aromatic heterocycles. The van der Waals surface area contributed by atoms with Crippen LogP contribution in [0.5, 0.6) is 0 Å². The number of hydrogen-bond acceptors (Lipinski definition) is 4. The van der Waals surface area contributed by atoms with E-state index in [-0.39, 0.29) is 5.75 Å². The molecule has 0 atom stereocenters. The molecule has 1 aliphatic heterocycles. The van der Waals surface area contributed by atoms with Gasteiger partial charge in [0, 0.05) is 25.4 Å². The van der Waals surface area contributed by atoms with Gasteiger partial charge < -0.3 is 10.2 Å². The molecule has 19 heavy (non-hydrogen) atoms. The summed E-state index contributed by atoms with van der Waals surface area (Å²) in [5, 5.41) is 3.39. The second-order valence-electron chi connectivity index (χ2n) is 4.94. The minimum atomic E-state index is -2.91. The van der Waals surface area contributed by atoms with E-state index >= 15 is 0 Å². The summed E-state index contributed by atoms with van der Waals surface area (Å²) in [5.41, 5.74) is 2.22. The van der Waals surface area contributed by atoms with Crippen LogP contribution in [0.25, 0.3) is 0 Å². The van der Waals surface area contributed by atoms with E-state index in [0.29, 0.717) is 18.7 Å². The van der Waals surface area contributed by atoms with Gasteiger partial charge in [0.2, 0.25) is 0 Å². The van der Waals surface area contributed by atoms with Crippen molar-refractivity contribution in [3.8, 4) is 0 Å². The Hall–Kier alpha value is -1.23. The molecule has 0 saturated carbocycles. The summed E-state index contributed by atoms with van der Waals surface area (Å²) in [7, 11) is -2.91. The number of nitrogens with one attached hydrogen (secondary N) is 1. The highest BCUT2D eigenvalue weighted by Gasteiger charge is 2.17. The number of nitrogens with zero attached hydrogens (tertiary/aromatic N) is 1. The third-order valence-corrected chi connectivity index (χ3v) is 5.19. The fraction of sp³-hybridized carbons (Fsp3) is 0.571. The van der Waals surface area contributed by atoms with Crippen molar-refractivity contribution in [1.82, 2.24) is 0 Å². The van der Waals surface area contributed by atoms with Gasteiger partial charge in [-0.3, -0.25) is 0 Å². The summed E-state index contributed by atoms with van der Waals surface area (Å²) in [4.78, 5) is 2.18. The van der Waals surface area contributed by atoms with Crippen LogP contribution in [0.1, 0.15) is 19.8 Å². The maximum Gasteiger partial charge on any atom is 0.152 e. The first kappa shape index (κ1) is 14.2. The van der Waals surface area contributed by atoms with Gasteiger partial charge in [0.15, 0.2) is 9.84 Å². The molecular weight excluding hydrogens is 260 g/mol. The predicted octanol–water partition coefficient (Wildman–Crippen LogP) is 2.13. The lowest BCUT2D eigenvalue weighted by molar-refractivity contribution is 0.593. The molecule has 0 fully saturated rings. The molecule has 5 heteroatoms. The van der Waals surface area contributed by atoms with Crippen LogP contribution in [0, 0.1) is 0 Å². The molecule has 4 nitrogen and oxygen atoms in total. The van der Waals surface area contributed by atoms with Crippen LogP contribution in [0.4, 0.5) is 11.4 Å². The molecule has 0 radical (unpaired) electrons. The van der Waals surface area contributed by atoms with Gasteiger partial charge in [0.1, 0.15) is 0 Å². The van der Waals surface area contributed by atoms with Crippen molar-refractivity contribution in [2.45, 2.75) is 19.8 Å². The van der Waals surface area contributed by atoms with Gasteiger partial charge in [-0.2, -0.15) is 0 Å². The molecular formula is C14H22N2O2S. The number of benzene rings is 1. The summed E-state index contributed by atoms with van der Waals surface area (Å²) in [6, 6.07) is 8.11. The van der Waals surface area contributed by atoms with E-state index in [1.165, 1.54) is 0 Å². The van der Waals surface area contributed by atoms with Crippen molar-refractivity contribution in [3.63, 3.8) is 0 Å². The van der Waals surface area contributed by atoms with Crippen molar-refractivity contribution in [1.29, 1.82) is 0 Å². The highest BCUT2D eigenvalue weighted by Crippen LogP contribution is 2.27. The number of fused-ring (bicyclic) bond motifs is 1. The van der Waals surface area contributed by atoms with Crippen LogP contribution in [0.15, 0.2) is 24.3 Å². The fourth-order valence-electron chi connectivity index (χ4n) is 2.41. The average molecular weight is 282 g/mol. The molecule has 106 valence electrons. The average Bonchev–Trinajstić information content (AvgIpc) is 2.58. The summed E-state index contributed by atoms with van der Waals surface area (Å²) in [6.07, 6.45) is 1.73. The Morgan fingerprint density at radius 3 is 2.84 bits per heavy atom. The zero-order valence-corrected chi connectivity index (χ0v) is 12.2. The maximum atomic E-state index is 11.8. The van der Waals surface area contributed by atoms with E-state index in [9.17, 15) is 8.42 Å². The van der Waals surface area contributed by atoms with Crippen LogP contribution in [0.2, 0.25) is 0 Å². The number of sulfone groups is 1. The molecule has 1 aromatic rings. The Balaban J connectivity index is 2.08.